The molecule has 1 aromatic heterocycles. The standard InChI is InChI=1S/C24H19N3O4S/c1-29-19-10-7-16(8-11-19)20(28)14-32-24-26-25-23(27(24)18-5-3-2-4-6-18)17-9-12-21-22(13-17)31-15-30-21/h2-13H,14-15H2,1H3. The average Bonchev–Trinajstić information content (AvgIpc) is 3.49. The van der Waals surface area contributed by atoms with E-state index >= 15 is 0 Å². The van der Waals surface area contributed by atoms with Crippen LogP contribution in [0.4, 0.5) is 0 Å². The average molecular weight is 446 g/mol. The smallest absolute Gasteiger partial charge is 0.231 e. The van der Waals surface area contributed by atoms with Gasteiger partial charge < -0.3 is 14.2 Å². The molecule has 0 aliphatic carbocycles. The summed E-state index contributed by atoms with van der Waals surface area (Å²) >= 11 is 1.35. The minimum Gasteiger partial charge on any atom is -0.497 e. The van der Waals surface area contributed by atoms with Crippen LogP contribution >= 0.6 is 11.8 Å². The van der Waals surface area contributed by atoms with Crippen molar-refractivity contribution in [1.29, 1.82) is 0 Å². The summed E-state index contributed by atoms with van der Waals surface area (Å²) in [6.07, 6.45) is 0. The van der Waals surface area contributed by atoms with Gasteiger partial charge in [-0.15, -0.1) is 10.2 Å². The van der Waals surface area contributed by atoms with Gasteiger partial charge in [-0.25, -0.2) is 0 Å². The first-order valence-electron chi connectivity index (χ1n) is 9.94. The van der Waals surface area contributed by atoms with Gasteiger partial charge in [-0.2, -0.15) is 0 Å². The number of ether oxygens (including phenoxy) is 3. The molecule has 1 aliphatic heterocycles. The van der Waals surface area contributed by atoms with E-state index in [1.54, 1.807) is 31.4 Å². The fourth-order valence-electron chi connectivity index (χ4n) is 3.39. The highest BCUT2D eigenvalue weighted by Crippen LogP contribution is 2.37. The third-order valence-corrected chi connectivity index (χ3v) is 5.95. The van der Waals surface area contributed by atoms with Crippen LogP contribution in [0.1, 0.15) is 10.4 Å². The zero-order chi connectivity index (χ0) is 21.9. The number of methoxy groups -OCH3 is 1. The number of rotatable bonds is 7. The van der Waals surface area contributed by atoms with Crippen molar-refractivity contribution in [2.45, 2.75) is 5.16 Å². The van der Waals surface area contributed by atoms with Gasteiger partial charge in [0.05, 0.1) is 12.9 Å². The lowest BCUT2D eigenvalue weighted by molar-refractivity contribution is 0.102. The first kappa shape index (κ1) is 20.1. The Morgan fingerprint density at radius 2 is 1.78 bits per heavy atom. The molecule has 7 nitrogen and oxygen atoms in total. The first-order chi connectivity index (χ1) is 15.7. The van der Waals surface area contributed by atoms with Crippen LogP contribution in [0.25, 0.3) is 17.1 Å². The first-order valence-corrected chi connectivity index (χ1v) is 10.9. The summed E-state index contributed by atoms with van der Waals surface area (Å²) in [6.45, 7) is 0.207. The second-order valence-electron chi connectivity index (χ2n) is 6.99. The summed E-state index contributed by atoms with van der Waals surface area (Å²) in [7, 11) is 1.60. The Morgan fingerprint density at radius 1 is 1.00 bits per heavy atom. The van der Waals surface area contributed by atoms with E-state index < -0.39 is 0 Å². The van der Waals surface area contributed by atoms with E-state index in [1.165, 1.54) is 11.8 Å². The highest BCUT2D eigenvalue weighted by Gasteiger charge is 2.20. The molecule has 0 N–H and O–H groups in total. The van der Waals surface area contributed by atoms with E-state index in [2.05, 4.69) is 10.2 Å². The largest absolute Gasteiger partial charge is 0.497 e. The monoisotopic (exact) mass is 445 g/mol. The van der Waals surface area contributed by atoms with Gasteiger partial charge in [0, 0.05) is 16.8 Å². The Morgan fingerprint density at radius 3 is 2.56 bits per heavy atom. The molecule has 8 heteroatoms. The molecule has 5 rings (SSSR count). The van der Waals surface area contributed by atoms with E-state index in [-0.39, 0.29) is 18.3 Å². The van der Waals surface area contributed by atoms with Gasteiger partial charge in [-0.05, 0) is 54.6 Å². The Hall–Kier alpha value is -3.78. The summed E-state index contributed by atoms with van der Waals surface area (Å²) in [5.74, 6) is 3.00. The molecule has 0 bridgehead atoms. The number of benzene rings is 3. The molecule has 0 radical (unpaired) electrons. The van der Waals surface area contributed by atoms with Gasteiger partial charge in [0.25, 0.3) is 0 Å². The summed E-state index contributed by atoms with van der Waals surface area (Å²) in [6, 6.07) is 22.6. The van der Waals surface area contributed by atoms with E-state index in [1.807, 2.05) is 53.1 Å². The lowest BCUT2D eigenvalue weighted by Gasteiger charge is -2.10. The number of Topliss-reactive ketones (excluding diaryl/α,β-unsaturated/α-hetero) is 1. The van der Waals surface area contributed by atoms with Crippen molar-refractivity contribution in [3.8, 4) is 34.3 Å². The molecule has 2 heterocycles. The van der Waals surface area contributed by atoms with Crippen LogP contribution in [0.3, 0.4) is 0 Å². The number of ketones is 1. The molecule has 0 atom stereocenters. The fourth-order valence-corrected chi connectivity index (χ4v) is 4.23. The molecule has 0 saturated carbocycles. The van der Waals surface area contributed by atoms with E-state index in [9.17, 15) is 4.79 Å². The molecule has 0 unspecified atom stereocenters. The number of hydrogen-bond acceptors (Lipinski definition) is 7. The van der Waals surface area contributed by atoms with E-state index in [0.717, 1.165) is 11.3 Å². The van der Waals surface area contributed by atoms with Gasteiger partial charge in [-0.3, -0.25) is 9.36 Å². The number of fused-ring (bicyclic) bond motifs is 1. The van der Waals surface area contributed by atoms with Gasteiger partial charge in [-0.1, -0.05) is 30.0 Å². The molecule has 0 amide bonds. The number of aromatic nitrogens is 3. The van der Waals surface area contributed by atoms with Crippen LogP contribution < -0.4 is 14.2 Å². The van der Waals surface area contributed by atoms with Crippen molar-refractivity contribution >= 4 is 17.5 Å². The highest BCUT2D eigenvalue weighted by molar-refractivity contribution is 7.99. The minimum atomic E-state index is 0.00453. The lowest BCUT2D eigenvalue weighted by atomic mass is 10.1. The Bertz CT molecular complexity index is 1260. The van der Waals surface area contributed by atoms with Crippen molar-refractivity contribution in [3.63, 3.8) is 0 Å². The molecular formula is C24H19N3O4S. The van der Waals surface area contributed by atoms with Crippen LogP contribution in [0.2, 0.25) is 0 Å². The number of hydrogen-bond donors (Lipinski definition) is 0. The molecule has 1 aliphatic rings. The summed E-state index contributed by atoms with van der Waals surface area (Å²) in [5, 5.41) is 9.45. The zero-order valence-electron chi connectivity index (χ0n) is 17.2. The normalized spacial score (nSPS) is 12.0. The maximum atomic E-state index is 12.7. The number of nitrogens with zero attached hydrogens (tertiary/aromatic N) is 3. The van der Waals surface area contributed by atoms with E-state index in [0.29, 0.717) is 33.8 Å². The SMILES string of the molecule is COc1ccc(C(=O)CSc2nnc(-c3ccc4c(c3)OCO4)n2-c2ccccc2)cc1. The van der Waals surface area contributed by atoms with Crippen molar-refractivity contribution < 1.29 is 19.0 Å². The second-order valence-corrected chi connectivity index (χ2v) is 7.93. The lowest BCUT2D eigenvalue weighted by Crippen LogP contribution is -2.05. The van der Waals surface area contributed by atoms with Crippen LogP contribution in [0, 0.1) is 0 Å². The Balaban J connectivity index is 1.45. The van der Waals surface area contributed by atoms with Crippen molar-refractivity contribution in [3.05, 3.63) is 78.4 Å². The minimum absolute atomic E-state index is 0.00453. The predicted octanol–water partition coefficient (Wildman–Crippen LogP) is 4.65. The van der Waals surface area contributed by atoms with Gasteiger partial charge in [0.2, 0.25) is 6.79 Å². The van der Waals surface area contributed by atoms with Gasteiger partial charge in [0.1, 0.15) is 5.75 Å². The molecule has 4 aromatic rings. The number of thioether (sulfide) groups is 1. The van der Waals surface area contributed by atoms with E-state index in [4.69, 9.17) is 14.2 Å². The molecule has 3 aromatic carbocycles. The second kappa shape index (κ2) is 8.76. The number of carbonyl (C=O) groups excluding carboxylic acids is 1. The fraction of sp³-hybridized carbons (Fsp3) is 0.125. The van der Waals surface area contributed by atoms with Crippen LogP contribution in [-0.2, 0) is 0 Å². The topological polar surface area (TPSA) is 75.5 Å². The quantitative estimate of drug-likeness (QED) is 0.303. The Kier molecular flexibility index (Phi) is 5.51. The van der Waals surface area contributed by atoms with Crippen LogP contribution in [0.5, 0.6) is 17.2 Å². The maximum Gasteiger partial charge on any atom is 0.231 e. The van der Waals surface area contributed by atoms with Crippen molar-refractivity contribution in [2.75, 3.05) is 19.7 Å². The number of carbonyl (C=O) groups is 1. The predicted molar refractivity (Wildman–Crippen MR) is 121 cm³/mol. The van der Waals surface area contributed by atoms with Gasteiger partial charge >= 0.3 is 0 Å². The van der Waals surface area contributed by atoms with Gasteiger partial charge in [0.15, 0.2) is 28.3 Å². The third-order valence-electron chi connectivity index (χ3n) is 5.02. The summed E-state index contributed by atoms with van der Waals surface area (Å²) in [5.41, 5.74) is 2.38. The molecule has 0 saturated heterocycles. The highest BCUT2D eigenvalue weighted by atomic mass is 32.2. The molecule has 0 fully saturated rings. The zero-order valence-corrected chi connectivity index (χ0v) is 18.0. The van der Waals surface area contributed by atoms with Crippen molar-refractivity contribution in [1.82, 2.24) is 14.8 Å². The number of para-hydroxylation sites is 1. The molecular weight excluding hydrogens is 426 g/mol. The van der Waals surface area contributed by atoms with Crippen LogP contribution in [-0.4, -0.2) is 40.2 Å². The van der Waals surface area contributed by atoms with Crippen molar-refractivity contribution in [2.24, 2.45) is 0 Å². The molecule has 160 valence electrons. The Labute approximate surface area is 189 Å². The molecule has 32 heavy (non-hydrogen) atoms. The molecule has 0 spiro atoms. The van der Waals surface area contributed by atoms with Crippen LogP contribution in [0.15, 0.2) is 78.0 Å². The third kappa shape index (κ3) is 3.92. The maximum absolute atomic E-state index is 12.7. The summed E-state index contributed by atoms with van der Waals surface area (Å²) in [4.78, 5) is 12.7. The summed E-state index contributed by atoms with van der Waals surface area (Å²) < 4.78 is 18.0.